The molecule has 4 aromatic heterocycles. The van der Waals surface area contributed by atoms with Crippen LogP contribution in [0.2, 0.25) is 0 Å². The molecule has 12 nitrogen and oxygen atoms in total. The molecule has 3 aliphatic heterocycles. The van der Waals surface area contributed by atoms with Gasteiger partial charge in [0.2, 0.25) is 12.1 Å². The zero-order chi connectivity index (χ0) is 39.4. The second kappa shape index (κ2) is 13.6. The second-order valence-electron chi connectivity index (χ2n) is 17.0. The lowest BCUT2D eigenvalue weighted by Gasteiger charge is -2.30. The highest BCUT2D eigenvalue weighted by Gasteiger charge is 2.47. The summed E-state index contributed by atoms with van der Waals surface area (Å²) in [5.41, 5.74) is 5.34. The van der Waals surface area contributed by atoms with Crippen molar-refractivity contribution in [2.45, 2.75) is 88.7 Å². The van der Waals surface area contributed by atoms with Gasteiger partial charge < -0.3 is 35.0 Å². The summed E-state index contributed by atoms with van der Waals surface area (Å²) in [6, 6.07) is 16.1. The van der Waals surface area contributed by atoms with Crippen LogP contribution in [-0.4, -0.2) is 67.1 Å². The normalized spacial score (nSPS) is 23.7. The molecule has 0 radical (unpaired) electrons. The van der Waals surface area contributed by atoms with Crippen LogP contribution in [0.1, 0.15) is 98.0 Å². The molecule has 6 aromatic rings. The Hall–Kier alpha value is -5.47. The number of nitrogens with one attached hydrogen (secondary N) is 4. The van der Waals surface area contributed by atoms with E-state index in [1.807, 2.05) is 26.1 Å². The minimum atomic E-state index is -0.740. The van der Waals surface area contributed by atoms with Gasteiger partial charge in [-0.1, -0.05) is 19.9 Å². The van der Waals surface area contributed by atoms with Crippen LogP contribution < -0.4 is 15.4 Å². The summed E-state index contributed by atoms with van der Waals surface area (Å²) in [6.45, 7) is 4.32. The van der Waals surface area contributed by atoms with E-state index in [2.05, 4.69) is 61.6 Å². The quantitative estimate of drug-likeness (QED) is 0.115. The van der Waals surface area contributed by atoms with Crippen molar-refractivity contribution in [3.63, 3.8) is 0 Å². The third-order valence-electron chi connectivity index (χ3n) is 12.8. The zero-order valence-electron chi connectivity index (χ0n) is 32.6. The number of methoxy groups -OCH3 is 1. The van der Waals surface area contributed by atoms with E-state index < -0.39 is 24.2 Å². The molecule has 2 saturated carbocycles. The van der Waals surface area contributed by atoms with Gasteiger partial charge in [-0.05, 0) is 98.7 Å². The topological polar surface area (TPSA) is 142 Å². The lowest BCUT2D eigenvalue weighted by Crippen LogP contribution is -2.51. The molecule has 0 bridgehead atoms. The van der Waals surface area contributed by atoms with Gasteiger partial charge in [0.1, 0.15) is 29.3 Å². The van der Waals surface area contributed by atoms with Gasteiger partial charge >= 0.3 is 6.09 Å². The number of benzene rings is 2. The fourth-order valence-corrected chi connectivity index (χ4v) is 10.6. The van der Waals surface area contributed by atoms with Crippen molar-refractivity contribution in [3.05, 3.63) is 88.1 Å². The number of carbonyl (C=O) groups excluding carboxylic acids is 2. The summed E-state index contributed by atoms with van der Waals surface area (Å²) < 4.78 is 30.5. The number of hydrogen-bond acceptors (Lipinski definition) is 8. The molecule has 4 fully saturated rings. The van der Waals surface area contributed by atoms with E-state index in [4.69, 9.17) is 19.4 Å². The Labute approximate surface area is 338 Å². The molecular formula is C44H45FN8O4S. The number of amides is 2. The molecule has 2 saturated heterocycles. The van der Waals surface area contributed by atoms with E-state index in [9.17, 15) is 9.59 Å². The molecule has 2 aromatic carbocycles. The zero-order valence-corrected chi connectivity index (χ0v) is 33.4. The van der Waals surface area contributed by atoms with E-state index in [0.717, 1.165) is 57.3 Å². The Morgan fingerprint density at radius 2 is 1.76 bits per heavy atom. The third-order valence-corrected chi connectivity index (χ3v) is 14.0. The molecule has 11 rings (SSSR count). The van der Waals surface area contributed by atoms with E-state index in [0.29, 0.717) is 53.3 Å². The average molecular weight is 801 g/mol. The SMILES string of the molecule is COC(=O)N[C@H](C(=O)N1CCC[C@H]1c1ncc(-c2cc(F)c3c(c2)OC(c2ccc(C4CC4)s2)n2c-3cc3cc(-c4cnc([C@@H]5C[C@H]6C[C@H]6N5)[nH]4)ccc32)[nH]1)C(C)C. The van der Waals surface area contributed by atoms with Crippen LogP contribution in [0.5, 0.6) is 5.75 Å². The number of likely N-dealkylation sites (tertiary alicyclic amines) is 1. The summed E-state index contributed by atoms with van der Waals surface area (Å²) in [5, 5.41) is 7.37. The molecule has 6 atom stereocenters. The van der Waals surface area contributed by atoms with Gasteiger partial charge in [0.25, 0.3) is 0 Å². The summed E-state index contributed by atoms with van der Waals surface area (Å²) >= 11 is 1.77. The second-order valence-corrected chi connectivity index (χ2v) is 18.1. The maximum atomic E-state index is 16.7. The highest BCUT2D eigenvalue weighted by Crippen LogP contribution is 2.51. The minimum absolute atomic E-state index is 0.147. The van der Waals surface area contributed by atoms with Crippen molar-refractivity contribution in [2.75, 3.05) is 13.7 Å². The van der Waals surface area contributed by atoms with Crippen LogP contribution in [0, 0.1) is 17.7 Å². The van der Waals surface area contributed by atoms with Crippen molar-refractivity contribution < 1.29 is 23.5 Å². The number of piperidine rings is 1. The molecule has 2 aliphatic carbocycles. The largest absolute Gasteiger partial charge is 0.464 e. The number of fused-ring (bicyclic) bond motifs is 6. The number of H-pyrrole nitrogens is 2. The summed E-state index contributed by atoms with van der Waals surface area (Å²) in [7, 11) is 1.28. The number of aromatic nitrogens is 5. The summed E-state index contributed by atoms with van der Waals surface area (Å²) in [4.78, 5) is 46.5. The van der Waals surface area contributed by atoms with E-state index in [1.165, 1.54) is 37.3 Å². The number of alkyl carbamates (subject to hydrolysis) is 1. The maximum absolute atomic E-state index is 16.7. The first-order valence-electron chi connectivity index (χ1n) is 20.5. The van der Waals surface area contributed by atoms with Crippen molar-refractivity contribution in [1.29, 1.82) is 0 Å². The Morgan fingerprint density at radius 3 is 2.53 bits per heavy atom. The van der Waals surface area contributed by atoms with Gasteiger partial charge in [-0.3, -0.25) is 9.36 Å². The van der Waals surface area contributed by atoms with E-state index in [1.54, 1.807) is 22.4 Å². The van der Waals surface area contributed by atoms with Crippen LogP contribution in [0.3, 0.4) is 0 Å². The standard InChI is InChI=1S/C44H45FN8O4S/c1-21(2)39(51-44(55)56-3)42(54)52-12-4-5-33(52)41-47-20-31(50-41)24-14-27(45)38-34-17-26-13-23(30-19-46-40(49-30)29-16-25-15-28(25)48-29)8-9-32(26)53(34)43(57-35(38)18-24)37-11-10-36(58-37)22-6-7-22/h8-11,13-14,17-22,25,28-29,33,39,43,48H,4-7,12,15-16H2,1-3H3,(H,46,49)(H,47,50)(H,51,55)/t25-,28-,29+,33+,39+,43?/m1/s1. The predicted molar refractivity (Wildman–Crippen MR) is 218 cm³/mol. The van der Waals surface area contributed by atoms with Crippen LogP contribution in [0.15, 0.2) is 60.9 Å². The Bertz CT molecular complexity index is 2590. The van der Waals surface area contributed by atoms with Gasteiger partial charge in [-0.15, -0.1) is 11.3 Å². The Balaban J connectivity index is 0.935. The van der Waals surface area contributed by atoms with Gasteiger partial charge in [0.15, 0.2) is 0 Å². The number of thiophene rings is 1. The number of carbonyl (C=O) groups is 2. The Morgan fingerprint density at radius 1 is 0.966 bits per heavy atom. The summed E-state index contributed by atoms with van der Waals surface area (Å²) in [6.07, 6.45) is 8.79. The van der Waals surface area contributed by atoms with Crippen LogP contribution in [0.4, 0.5) is 9.18 Å². The van der Waals surface area contributed by atoms with Crippen LogP contribution >= 0.6 is 11.3 Å². The molecule has 1 unspecified atom stereocenters. The number of aromatic amines is 2. The van der Waals surface area contributed by atoms with Gasteiger partial charge in [0, 0.05) is 34.0 Å². The highest BCUT2D eigenvalue weighted by molar-refractivity contribution is 7.12. The molecule has 5 aliphatic rings. The third kappa shape index (κ3) is 6.02. The first-order chi connectivity index (χ1) is 28.2. The molecule has 0 spiro atoms. The number of halogens is 1. The average Bonchev–Trinajstić information content (AvgIpc) is 3.72. The smallest absolute Gasteiger partial charge is 0.407 e. The first kappa shape index (κ1) is 35.7. The van der Waals surface area contributed by atoms with Crippen molar-refractivity contribution in [2.24, 2.45) is 11.8 Å². The van der Waals surface area contributed by atoms with E-state index in [-0.39, 0.29) is 23.9 Å². The molecule has 14 heteroatoms. The number of hydrogen-bond donors (Lipinski definition) is 4. The molecule has 58 heavy (non-hydrogen) atoms. The van der Waals surface area contributed by atoms with Crippen LogP contribution in [0.25, 0.3) is 44.7 Å². The van der Waals surface area contributed by atoms with Crippen molar-refractivity contribution >= 4 is 34.2 Å². The monoisotopic (exact) mass is 800 g/mol. The number of ether oxygens (including phenoxy) is 2. The number of rotatable bonds is 9. The lowest BCUT2D eigenvalue weighted by atomic mass is 10.0. The van der Waals surface area contributed by atoms with E-state index >= 15 is 4.39 Å². The fourth-order valence-electron chi connectivity index (χ4n) is 9.41. The highest BCUT2D eigenvalue weighted by atomic mass is 32.1. The van der Waals surface area contributed by atoms with Gasteiger partial charge in [-0.25, -0.2) is 19.2 Å². The van der Waals surface area contributed by atoms with Crippen LogP contribution in [-0.2, 0) is 9.53 Å². The van der Waals surface area contributed by atoms with Gasteiger partial charge in [0.05, 0.1) is 64.6 Å². The molecule has 2 amide bonds. The maximum Gasteiger partial charge on any atom is 0.407 e. The number of imidazole rings is 2. The van der Waals surface area contributed by atoms with Gasteiger partial charge in [-0.2, -0.15) is 0 Å². The lowest BCUT2D eigenvalue weighted by molar-refractivity contribution is -0.135. The van der Waals surface area contributed by atoms with Crippen molar-refractivity contribution in [3.8, 4) is 39.5 Å². The number of nitrogens with zero attached hydrogens (tertiary/aromatic N) is 4. The summed E-state index contributed by atoms with van der Waals surface area (Å²) in [5.74, 6) is 2.70. The molecule has 7 heterocycles. The predicted octanol–water partition coefficient (Wildman–Crippen LogP) is 8.57. The molecule has 4 N–H and O–H groups in total. The Kier molecular flexibility index (Phi) is 8.34. The first-order valence-corrected chi connectivity index (χ1v) is 21.3. The van der Waals surface area contributed by atoms with Crippen molar-refractivity contribution in [1.82, 2.24) is 40.0 Å². The minimum Gasteiger partial charge on any atom is -0.464 e. The fraction of sp³-hybridized carbons (Fsp3) is 0.409. The molecule has 298 valence electrons. The molecular weight excluding hydrogens is 756 g/mol.